The number of ether oxygens (including phenoxy) is 2. The maximum Gasteiger partial charge on any atom is 0.422 e. The molecule has 0 radical (unpaired) electrons. The lowest BCUT2D eigenvalue weighted by molar-refractivity contribution is -0.140. The largest absolute Gasteiger partial charge is 0.469 e. The van der Waals surface area contributed by atoms with Crippen LogP contribution in [0.25, 0.3) is 0 Å². The van der Waals surface area contributed by atoms with Crippen LogP contribution in [0.3, 0.4) is 0 Å². The van der Waals surface area contributed by atoms with Gasteiger partial charge in [-0.1, -0.05) is 12.1 Å². The summed E-state index contributed by atoms with van der Waals surface area (Å²) >= 11 is 0. The van der Waals surface area contributed by atoms with E-state index in [-0.39, 0.29) is 18.8 Å². The minimum Gasteiger partial charge on any atom is -0.469 e. The third-order valence-corrected chi connectivity index (χ3v) is 2.74. The van der Waals surface area contributed by atoms with Gasteiger partial charge in [-0.25, -0.2) is 14.8 Å². The van der Waals surface area contributed by atoms with Crippen molar-refractivity contribution in [3.05, 3.63) is 48.8 Å². The van der Waals surface area contributed by atoms with E-state index in [2.05, 4.69) is 14.7 Å². The van der Waals surface area contributed by atoms with E-state index in [9.17, 15) is 9.59 Å². The average molecular weight is 301 g/mol. The molecule has 0 N–H and O–H groups in total. The number of hydrogen-bond acceptors (Lipinski definition) is 6. The Bertz CT molecular complexity index is 619. The molecule has 114 valence electrons. The highest BCUT2D eigenvalue weighted by molar-refractivity contribution is 5.88. The van der Waals surface area contributed by atoms with Gasteiger partial charge in [0.05, 0.1) is 13.5 Å². The highest BCUT2D eigenvalue weighted by Crippen LogP contribution is 2.14. The van der Waals surface area contributed by atoms with Crippen molar-refractivity contribution in [2.24, 2.45) is 0 Å². The Morgan fingerprint density at radius 2 is 1.82 bits per heavy atom. The molecular formula is C15H15N3O4. The van der Waals surface area contributed by atoms with Crippen LogP contribution in [0.1, 0.15) is 6.42 Å². The lowest BCUT2D eigenvalue weighted by Crippen LogP contribution is -2.36. The maximum absolute atomic E-state index is 12.3. The van der Waals surface area contributed by atoms with Crippen LogP contribution in [-0.2, 0) is 9.53 Å². The number of rotatable bonds is 5. The van der Waals surface area contributed by atoms with Crippen LogP contribution in [0, 0.1) is 0 Å². The molecule has 2 rings (SSSR count). The number of amides is 1. The minimum absolute atomic E-state index is 0.0321. The minimum atomic E-state index is -0.665. The summed E-state index contributed by atoms with van der Waals surface area (Å²) in [7, 11) is 1.29. The van der Waals surface area contributed by atoms with Crippen LogP contribution < -0.4 is 9.64 Å². The molecule has 0 aromatic carbocycles. The quantitative estimate of drug-likeness (QED) is 0.786. The van der Waals surface area contributed by atoms with Gasteiger partial charge in [-0.15, -0.1) is 0 Å². The summed E-state index contributed by atoms with van der Waals surface area (Å²) in [4.78, 5) is 32.9. The number of hydrogen-bond donors (Lipinski definition) is 0. The standard InChI is InChI=1S/C15H15N3O4/c1-21-14(19)8-11-18(12-6-2-4-9-16-12)15(20)22-13-7-3-5-10-17-13/h2-7,9-10H,8,11H2,1H3. The number of carbonyl (C=O) groups excluding carboxylic acids is 2. The Morgan fingerprint density at radius 3 is 2.41 bits per heavy atom. The predicted molar refractivity (Wildman–Crippen MR) is 78.5 cm³/mol. The average Bonchev–Trinajstić information content (AvgIpc) is 2.56. The monoisotopic (exact) mass is 301 g/mol. The van der Waals surface area contributed by atoms with E-state index in [4.69, 9.17) is 4.74 Å². The smallest absolute Gasteiger partial charge is 0.422 e. The van der Waals surface area contributed by atoms with Crippen molar-refractivity contribution in [2.45, 2.75) is 6.42 Å². The van der Waals surface area contributed by atoms with Gasteiger partial charge >= 0.3 is 12.1 Å². The maximum atomic E-state index is 12.3. The zero-order valence-electron chi connectivity index (χ0n) is 12.0. The van der Waals surface area contributed by atoms with Gasteiger partial charge in [0.2, 0.25) is 5.88 Å². The molecule has 0 saturated carbocycles. The van der Waals surface area contributed by atoms with E-state index >= 15 is 0 Å². The van der Waals surface area contributed by atoms with Gasteiger partial charge in [0.15, 0.2) is 0 Å². The summed E-state index contributed by atoms with van der Waals surface area (Å²) in [6, 6.07) is 10.1. The Balaban J connectivity index is 2.13. The molecule has 0 unspecified atom stereocenters. The van der Waals surface area contributed by atoms with Gasteiger partial charge in [0.25, 0.3) is 0 Å². The normalized spacial score (nSPS) is 9.86. The lowest BCUT2D eigenvalue weighted by Gasteiger charge is -2.20. The summed E-state index contributed by atoms with van der Waals surface area (Å²) in [5.41, 5.74) is 0. The van der Waals surface area contributed by atoms with Crippen molar-refractivity contribution in [3.63, 3.8) is 0 Å². The molecule has 7 heteroatoms. The third kappa shape index (κ3) is 4.27. The second kappa shape index (κ2) is 7.72. The van der Waals surface area contributed by atoms with E-state index in [0.717, 1.165) is 0 Å². The molecular weight excluding hydrogens is 286 g/mol. The van der Waals surface area contributed by atoms with E-state index in [0.29, 0.717) is 5.82 Å². The van der Waals surface area contributed by atoms with E-state index in [1.165, 1.54) is 18.2 Å². The number of anilines is 1. The molecule has 0 aliphatic rings. The highest BCUT2D eigenvalue weighted by atomic mass is 16.6. The first-order valence-corrected chi connectivity index (χ1v) is 6.59. The van der Waals surface area contributed by atoms with Crippen LogP contribution in [0.4, 0.5) is 10.6 Å². The lowest BCUT2D eigenvalue weighted by atomic mass is 10.3. The fraction of sp³-hybridized carbons (Fsp3) is 0.200. The number of aromatic nitrogens is 2. The Kier molecular flexibility index (Phi) is 5.42. The van der Waals surface area contributed by atoms with Gasteiger partial charge < -0.3 is 9.47 Å². The topological polar surface area (TPSA) is 81.6 Å². The molecule has 2 aromatic rings. The zero-order valence-corrected chi connectivity index (χ0v) is 12.0. The van der Waals surface area contributed by atoms with Crippen molar-refractivity contribution in [1.29, 1.82) is 0 Å². The van der Waals surface area contributed by atoms with Crippen LogP contribution in [-0.4, -0.2) is 35.7 Å². The number of esters is 1. The molecule has 0 aliphatic carbocycles. The molecule has 1 amide bonds. The first-order valence-electron chi connectivity index (χ1n) is 6.59. The Hall–Kier alpha value is -2.96. The molecule has 2 heterocycles. The first-order chi connectivity index (χ1) is 10.7. The summed E-state index contributed by atoms with van der Waals surface area (Å²) in [6.07, 6.45) is 2.43. The SMILES string of the molecule is COC(=O)CCN(C(=O)Oc1ccccn1)c1ccccn1. The molecule has 2 aromatic heterocycles. The summed E-state index contributed by atoms with van der Waals surface area (Å²) in [5.74, 6) is 0.130. The molecule has 0 spiro atoms. The van der Waals surface area contributed by atoms with Crippen molar-refractivity contribution < 1.29 is 19.1 Å². The molecule has 0 atom stereocenters. The van der Waals surface area contributed by atoms with Gasteiger partial charge in [0.1, 0.15) is 5.82 Å². The fourth-order valence-electron chi connectivity index (χ4n) is 1.67. The molecule has 7 nitrogen and oxygen atoms in total. The summed E-state index contributed by atoms with van der Waals surface area (Å²) in [5, 5.41) is 0. The molecule has 0 aliphatic heterocycles. The predicted octanol–water partition coefficient (Wildman–Crippen LogP) is 2.05. The molecule has 22 heavy (non-hydrogen) atoms. The van der Waals surface area contributed by atoms with Gasteiger partial charge in [-0.3, -0.25) is 9.69 Å². The summed E-state index contributed by atoms with van der Waals surface area (Å²) < 4.78 is 9.76. The first kappa shape index (κ1) is 15.4. The van der Waals surface area contributed by atoms with Crippen molar-refractivity contribution >= 4 is 17.9 Å². The second-order valence-corrected chi connectivity index (χ2v) is 4.20. The van der Waals surface area contributed by atoms with Crippen molar-refractivity contribution in [3.8, 4) is 5.88 Å². The number of carbonyl (C=O) groups is 2. The van der Waals surface area contributed by atoms with Crippen LogP contribution in [0.2, 0.25) is 0 Å². The fourth-order valence-corrected chi connectivity index (χ4v) is 1.67. The van der Waals surface area contributed by atoms with Gasteiger partial charge in [-0.2, -0.15) is 0 Å². The molecule has 0 bridgehead atoms. The molecule has 0 fully saturated rings. The Labute approximate surface area is 127 Å². The van der Waals surface area contributed by atoms with E-state index in [1.807, 2.05) is 0 Å². The van der Waals surface area contributed by atoms with Crippen LogP contribution in [0.5, 0.6) is 5.88 Å². The van der Waals surface area contributed by atoms with Gasteiger partial charge in [0, 0.05) is 25.0 Å². The third-order valence-electron chi connectivity index (χ3n) is 2.74. The van der Waals surface area contributed by atoms with Crippen molar-refractivity contribution in [1.82, 2.24) is 9.97 Å². The Morgan fingerprint density at radius 1 is 1.09 bits per heavy atom. The number of nitrogens with zero attached hydrogens (tertiary/aromatic N) is 3. The van der Waals surface area contributed by atoms with E-state index in [1.54, 1.807) is 42.6 Å². The van der Waals surface area contributed by atoms with Crippen LogP contribution in [0.15, 0.2) is 48.8 Å². The summed E-state index contributed by atoms with van der Waals surface area (Å²) in [6.45, 7) is 0.0926. The highest BCUT2D eigenvalue weighted by Gasteiger charge is 2.20. The number of pyridine rings is 2. The van der Waals surface area contributed by atoms with Crippen LogP contribution >= 0.6 is 0 Å². The van der Waals surface area contributed by atoms with E-state index < -0.39 is 12.1 Å². The second-order valence-electron chi connectivity index (χ2n) is 4.20. The van der Waals surface area contributed by atoms with Crippen molar-refractivity contribution in [2.75, 3.05) is 18.6 Å². The zero-order chi connectivity index (χ0) is 15.8. The molecule has 0 saturated heterocycles. The number of methoxy groups -OCH3 is 1. The van der Waals surface area contributed by atoms with Gasteiger partial charge in [-0.05, 0) is 18.2 Å².